The Balaban J connectivity index is 1.96. The van der Waals surface area contributed by atoms with Gasteiger partial charge in [-0.3, -0.25) is 0 Å². The van der Waals surface area contributed by atoms with E-state index in [2.05, 4.69) is 15.0 Å². The Morgan fingerprint density at radius 3 is 2.43 bits per heavy atom. The number of aromatic nitrogens is 3. The third-order valence-electron chi connectivity index (χ3n) is 1.50. The molecule has 4 nitrogen and oxygen atoms in total. The van der Waals surface area contributed by atoms with Gasteiger partial charge in [0.25, 0.3) is 0 Å². The van der Waals surface area contributed by atoms with Gasteiger partial charge in [-0.1, -0.05) is 30.3 Å². The lowest BCUT2D eigenvalue weighted by Gasteiger charge is -2.01. The van der Waals surface area contributed by atoms with Crippen LogP contribution in [0.4, 0.5) is 0 Å². The van der Waals surface area contributed by atoms with Crippen LogP contribution in [-0.2, 0) is 0 Å². The maximum atomic E-state index is 5.36. The highest BCUT2D eigenvalue weighted by atomic mass is 31.1. The highest BCUT2D eigenvalue weighted by molar-refractivity contribution is 7.42. The molecule has 0 aliphatic heterocycles. The molecule has 2 rings (SSSR count). The van der Waals surface area contributed by atoms with Crippen LogP contribution in [0.1, 0.15) is 0 Å². The maximum Gasteiger partial charge on any atom is 0.322 e. The molecule has 0 saturated carbocycles. The van der Waals surface area contributed by atoms with Gasteiger partial charge in [0, 0.05) is 5.30 Å². The molecule has 70 valence electrons. The van der Waals surface area contributed by atoms with Crippen molar-refractivity contribution in [1.29, 1.82) is 0 Å². The van der Waals surface area contributed by atoms with Crippen LogP contribution in [0.2, 0.25) is 0 Å². The molecule has 2 aromatic rings. The molecule has 0 aliphatic rings. The SMILES string of the molecule is c1ccc(POc2ncncn2)cc1. The zero-order valence-corrected chi connectivity index (χ0v) is 8.29. The van der Waals surface area contributed by atoms with Gasteiger partial charge in [0.1, 0.15) is 21.5 Å². The molecule has 1 aromatic heterocycles. The summed E-state index contributed by atoms with van der Waals surface area (Å²) in [5, 5.41) is 1.12. The maximum absolute atomic E-state index is 5.36. The van der Waals surface area contributed by atoms with Crippen molar-refractivity contribution >= 4 is 14.1 Å². The lowest BCUT2D eigenvalue weighted by Crippen LogP contribution is -1.97. The monoisotopic (exact) mass is 205 g/mol. The van der Waals surface area contributed by atoms with E-state index >= 15 is 0 Å². The Kier molecular flexibility index (Phi) is 2.99. The van der Waals surface area contributed by atoms with E-state index in [1.807, 2.05) is 30.3 Å². The Labute approximate surface area is 83.3 Å². The molecule has 0 spiro atoms. The summed E-state index contributed by atoms with van der Waals surface area (Å²) >= 11 is 0. The fourth-order valence-electron chi connectivity index (χ4n) is 0.892. The van der Waals surface area contributed by atoms with Gasteiger partial charge in [0.05, 0.1) is 0 Å². The minimum atomic E-state index is 0.229. The van der Waals surface area contributed by atoms with Crippen molar-refractivity contribution in [3.8, 4) is 6.01 Å². The molecule has 1 atom stereocenters. The normalized spacial score (nSPS) is 10.6. The molecule has 0 radical (unpaired) electrons. The molecule has 1 aromatic carbocycles. The van der Waals surface area contributed by atoms with Crippen LogP contribution in [0.25, 0.3) is 0 Å². The Morgan fingerprint density at radius 2 is 1.71 bits per heavy atom. The van der Waals surface area contributed by atoms with E-state index in [9.17, 15) is 0 Å². The van der Waals surface area contributed by atoms with Crippen LogP contribution in [-0.4, -0.2) is 15.0 Å². The third kappa shape index (κ3) is 2.47. The van der Waals surface area contributed by atoms with Crippen LogP contribution in [0.15, 0.2) is 43.0 Å². The molecule has 0 bridgehead atoms. The zero-order valence-electron chi connectivity index (χ0n) is 7.29. The van der Waals surface area contributed by atoms with E-state index in [4.69, 9.17) is 4.52 Å². The van der Waals surface area contributed by atoms with Crippen molar-refractivity contribution in [2.24, 2.45) is 0 Å². The quantitative estimate of drug-likeness (QED) is 0.705. The number of hydrogen-bond donors (Lipinski definition) is 0. The van der Waals surface area contributed by atoms with Gasteiger partial charge in [-0.15, -0.1) is 0 Å². The fourth-order valence-corrected chi connectivity index (χ4v) is 1.54. The molecule has 0 N–H and O–H groups in total. The summed E-state index contributed by atoms with van der Waals surface area (Å²) in [6.45, 7) is 0. The van der Waals surface area contributed by atoms with Gasteiger partial charge in [-0.05, 0) is 0 Å². The van der Waals surface area contributed by atoms with Crippen molar-refractivity contribution in [1.82, 2.24) is 15.0 Å². The predicted molar refractivity (Wildman–Crippen MR) is 54.8 cm³/mol. The summed E-state index contributed by atoms with van der Waals surface area (Å²) in [6, 6.07) is 10.3. The van der Waals surface area contributed by atoms with E-state index in [0.717, 1.165) is 5.30 Å². The van der Waals surface area contributed by atoms with Crippen LogP contribution in [0.3, 0.4) is 0 Å². The van der Waals surface area contributed by atoms with E-state index in [0.29, 0.717) is 6.01 Å². The van der Waals surface area contributed by atoms with Crippen LogP contribution in [0.5, 0.6) is 6.01 Å². The van der Waals surface area contributed by atoms with Gasteiger partial charge in [0.2, 0.25) is 0 Å². The molecule has 0 saturated heterocycles. The second-order valence-electron chi connectivity index (χ2n) is 2.49. The molecule has 0 amide bonds. The van der Waals surface area contributed by atoms with Gasteiger partial charge in [-0.25, -0.2) is 4.98 Å². The average molecular weight is 205 g/mol. The topological polar surface area (TPSA) is 47.9 Å². The number of hydrogen-bond acceptors (Lipinski definition) is 4. The molecule has 5 heteroatoms. The minimum absolute atomic E-state index is 0.229. The fraction of sp³-hybridized carbons (Fsp3) is 0. The summed E-state index contributed by atoms with van der Waals surface area (Å²) in [6.07, 6.45) is 2.83. The summed E-state index contributed by atoms with van der Waals surface area (Å²) in [7, 11) is 0.229. The first kappa shape index (κ1) is 9.03. The summed E-state index contributed by atoms with van der Waals surface area (Å²) in [5.41, 5.74) is 0. The standard InChI is InChI=1S/C9H8N3OP/c1-2-4-8(5-3-1)14-13-9-11-6-10-7-12-9/h1-7,14H. The predicted octanol–water partition coefficient (Wildman–Crippen LogP) is 1.17. The van der Waals surface area contributed by atoms with E-state index in [-0.39, 0.29) is 8.81 Å². The minimum Gasteiger partial charge on any atom is -0.441 e. The average Bonchev–Trinajstić information content (AvgIpc) is 2.29. The van der Waals surface area contributed by atoms with Gasteiger partial charge in [-0.2, -0.15) is 9.97 Å². The van der Waals surface area contributed by atoms with Crippen molar-refractivity contribution < 1.29 is 4.52 Å². The Morgan fingerprint density at radius 1 is 1.00 bits per heavy atom. The molecule has 1 heterocycles. The summed E-state index contributed by atoms with van der Waals surface area (Å²) in [5.74, 6) is 0. The largest absolute Gasteiger partial charge is 0.441 e. The summed E-state index contributed by atoms with van der Waals surface area (Å²) in [4.78, 5) is 11.4. The highest BCUT2D eigenvalue weighted by Crippen LogP contribution is 2.13. The molecule has 0 fully saturated rings. The number of rotatable bonds is 3. The Bertz CT molecular complexity index is 342. The first-order valence-corrected chi connectivity index (χ1v) is 4.96. The highest BCUT2D eigenvalue weighted by Gasteiger charge is 1.96. The number of nitrogens with zero attached hydrogens (tertiary/aromatic N) is 3. The summed E-state index contributed by atoms with van der Waals surface area (Å²) < 4.78 is 5.36. The second kappa shape index (κ2) is 4.63. The van der Waals surface area contributed by atoms with E-state index in [1.165, 1.54) is 12.7 Å². The van der Waals surface area contributed by atoms with Gasteiger partial charge >= 0.3 is 6.01 Å². The van der Waals surface area contributed by atoms with E-state index in [1.54, 1.807) is 0 Å². The van der Waals surface area contributed by atoms with Gasteiger partial charge in [0.15, 0.2) is 0 Å². The molecule has 0 aliphatic carbocycles. The molecular weight excluding hydrogens is 197 g/mol. The smallest absolute Gasteiger partial charge is 0.322 e. The van der Waals surface area contributed by atoms with Crippen LogP contribution in [0, 0.1) is 0 Å². The first-order chi connectivity index (χ1) is 6.95. The van der Waals surface area contributed by atoms with Gasteiger partial charge < -0.3 is 4.52 Å². The molecule has 14 heavy (non-hydrogen) atoms. The Hall–Kier alpha value is -1.54. The van der Waals surface area contributed by atoms with Crippen molar-refractivity contribution in [3.63, 3.8) is 0 Å². The molecule has 1 unspecified atom stereocenters. The zero-order chi connectivity index (χ0) is 9.64. The van der Waals surface area contributed by atoms with E-state index < -0.39 is 0 Å². The lowest BCUT2D eigenvalue weighted by atomic mass is 10.4. The lowest BCUT2D eigenvalue weighted by molar-refractivity contribution is 0.572. The number of benzene rings is 1. The van der Waals surface area contributed by atoms with Crippen molar-refractivity contribution in [3.05, 3.63) is 43.0 Å². The van der Waals surface area contributed by atoms with Crippen molar-refractivity contribution in [2.45, 2.75) is 0 Å². The first-order valence-electron chi connectivity index (χ1n) is 4.05. The second-order valence-corrected chi connectivity index (χ2v) is 3.48. The van der Waals surface area contributed by atoms with Crippen molar-refractivity contribution in [2.75, 3.05) is 0 Å². The molecular formula is C9H8N3OP. The third-order valence-corrected chi connectivity index (χ3v) is 2.36. The van der Waals surface area contributed by atoms with Crippen LogP contribution >= 0.6 is 8.81 Å². The van der Waals surface area contributed by atoms with Crippen LogP contribution < -0.4 is 9.83 Å².